The van der Waals surface area contributed by atoms with Gasteiger partial charge in [-0.05, 0) is 55.5 Å². The zero-order chi connectivity index (χ0) is 25.7. The van der Waals surface area contributed by atoms with E-state index in [0.29, 0.717) is 44.0 Å². The summed E-state index contributed by atoms with van der Waals surface area (Å²) >= 11 is 6.36. The number of amides is 2. The molecule has 1 aliphatic rings. The molecule has 0 atom stereocenters. The Labute approximate surface area is 216 Å². The van der Waals surface area contributed by atoms with Crippen molar-refractivity contribution in [3.8, 4) is 16.9 Å². The number of anilines is 1. The zero-order valence-electron chi connectivity index (χ0n) is 21.0. The number of likely N-dealkylation sites (tertiary alicyclic amines) is 1. The quantitative estimate of drug-likeness (QED) is 0.404. The Hall–Kier alpha value is -3.39. The molecule has 3 aromatic rings. The Balaban J connectivity index is 1.45. The third-order valence-electron chi connectivity index (χ3n) is 6.49. The number of hydrogen-bond acceptors (Lipinski definition) is 5. The summed E-state index contributed by atoms with van der Waals surface area (Å²) in [4.78, 5) is 31.2. The van der Waals surface area contributed by atoms with Crippen molar-refractivity contribution in [2.24, 2.45) is 0 Å². The van der Waals surface area contributed by atoms with Gasteiger partial charge in [0.2, 0.25) is 5.91 Å². The second-order valence-electron chi connectivity index (χ2n) is 9.09. The number of aromatic nitrogens is 3. The summed E-state index contributed by atoms with van der Waals surface area (Å²) < 4.78 is 7.42. The summed E-state index contributed by atoms with van der Waals surface area (Å²) in [6.45, 7) is 7.59. The van der Waals surface area contributed by atoms with E-state index in [1.54, 1.807) is 17.8 Å². The minimum absolute atomic E-state index is 0.000735. The Morgan fingerprint density at radius 3 is 2.50 bits per heavy atom. The standard InChI is InChI=1S/C27H32ClN5O3/c1-4-5-14-36-23-8-6-20(7-9-23)21-15-18(2)26(29-16-21)31-27(35)25-24(28)17-30-33(25)22-10-12-32(13-11-22)19(3)34/h6-9,15-17,22H,4-5,10-14H2,1-3H3,(H,29,31,35). The van der Waals surface area contributed by atoms with Gasteiger partial charge in [-0.1, -0.05) is 37.1 Å². The van der Waals surface area contributed by atoms with E-state index in [9.17, 15) is 9.59 Å². The highest BCUT2D eigenvalue weighted by atomic mass is 35.5. The maximum absolute atomic E-state index is 13.2. The van der Waals surface area contributed by atoms with Gasteiger partial charge in [-0.3, -0.25) is 14.3 Å². The summed E-state index contributed by atoms with van der Waals surface area (Å²) in [5.41, 5.74) is 3.11. The van der Waals surface area contributed by atoms with Gasteiger partial charge in [0, 0.05) is 31.8 Å². The molecule has 0 spiro atoms. The Bertz CT molecular complexity index is 1220. The molecule has 4 rings (SSSR count). The number of nitrogens with one attached hydrogen (secondary N) is 1. The lowest BCUT2D eigenvalue weighted by Gasteiger charge is -2.32. The fourth-order valence-corrected chi connectivity index (χ4v) is 4.58. The van der Waals surface area contributed by atoms with E-state index in [-0.39, 0.29) is 22.9 Å². The van der Waals surface area contributed by atoms with Crippen molar-refractivity contribution in [1.82, 2.24) is 19.7 Å². The van der Waals surface area contributed by atoms with E-state index in [1.165, 1.54) is 6.20 Å². The monoisotopic (exact) mass is 509 g/mol. The molecule has 0 bridgehead atoms. The van der Waals surface area contributed by atoms with Gasteiger partial charge in [0.05, 0.1) is 23.9 Å². The van der Waals surface area contributed by atoms with E-state index in [2.05, 4.69) is 22.3 Å². The minimum atomic E-state index is -0.358. The van der Waals surface area contributed by atoms with Crippen molar-refractivity contribution in [1.29, 1.82) is 0 Å². The second kappa shape index (κ2) is 11.6. The number of rotatable bonds is 8. The number of unbranched alkanes of at least 4 members (excludes halogenated alkanes) is 1. The number of ether oxygens (including phenoxy) is 1. The molecule has 0 aliphatic carbocycles. The van der Waals surface area contributed by atoms with Crippen molar-refractivity contribution >= 4 is 29.2 Å². The molecule has 2 amide bonds. The molecular weight excluding hydrogens is 478 g/mol. The number of hydrogen-bond donors (Lipinski definition) is 1. The third-order valence-corrected chi connectivity index (χ3v) is 6.76. The fraction of sp³-hybridized carbons (Fsp3) is 0.407. The Morgan fingerprint density at radius 2 is 1.86 bits per heavy atom. The highest BCUT2D eigenvalue weighted by molar-refractivity contribution is 6.34. The van der Waals surface area contributed by atoms with Crippen LogP contribution in [0, 0.1) is 6.92 Å². The third kappa shape index (κ3) is 5.87. The number of aryl methyl sites for hydroxylation is 1. The van der Waals surface area contributed by atoms with E-state index in [1.807, 2.05) is 42.2 Å². The van der Waals surface area contributed by atoms with Crippen LogP contribution < -0.4 is 10.1 Å². The molecule has 36 heavy (non-hydrogen) atoms. The molecule has 1 aliphatic heterocycles. The molecule has 0 radical (unpaired) electrons. The van der Waals surface area contributed by atoms with E-state index in [0.717, 1.165) is 35.3 Å². The normalized spacial score (nSPS) is 14.1. The van der Waals surface area contributed by atoms with Crippen molar-refractivity contribution in [2.75, 3.05) is 25.0 Å². The highest BCUT2D eigenvalue weighted by Crippen LogP contribution is 2.29. The highest BCUT2D eigenvalue weighted by Gasteiger charge is 2.28. The fourth-order valence-electron chi connectivity index (χ4n) is 4.36. The average Bonchev–Trinajstić information content (AvgIpc) is 3.27. The summed E-state index contributed by atoms with van der Waals surface area (Å²) in [7, 11) is 0. The summed E-state index contributed by atoms with van der Waals surface area (Å²) in [5.74, 6) is 1.02. The Morgan fingerprint density at radius 1 is 1.14 bits per heavy atom. The molecule has 1 aromatic carbocycles. The summed E-state index contributed by atoms with van der Waals surface area (Å²) in [5, 5.41) is 7.55. The van der Waals surface area contributed by atoms with Crippen LogP contribution in [-0.2, 0) is 4.79 Å². The van der Waals surface area contributed by atoms with Crippen LogP contribution in [-0.4, -0.2) is 51.2 Å². The van der Waals surface area contributed by atoms with Crippen LogP contribution in [0.5, 0.6) is 5.75 Å². The van der Waals surface area contributed by atoms with Crippen molar-refractivity contribution in [3.05, 3.63) is 59.0 Å². The molecule has 190 valence electrons. The van der Waals surface area contributed by atoms with Crippen LogP contribution in [0.1, 0.15) is 61.6 Å². The predicted octanol–water partition coefficient (Wildman–Crippen LogP) is 5.52. The van der Waals surface area contributed by atoms with Gasteiger partial charge in [0.1, 0.15) is 17.3 Å². The van der Waals surface area contributed by atoms with Gasteiger partial charge in [-0.15, -0.1) is 0 Å². The first kappa shape index (κ1) is 25.7. The zero-order valence-corrected chi connectivity index (χ0v) is 21.7. The molecule has 2 aromatic heterocycles. The largest absolute Gasteiger partial charge is 0.494 e. The average molecular weight is 510 g/mol. The smallest absolute Gasteiger partial charge is 0.276 e. The number of benzene rings is 1. The number of pyridine rings is 1. The molecular formula is C27H32ClN5O3. The van der Waals surface area contributed by atoms with Crippen molar-refractivity contribution < 1.29 is 14.3 Å². The van der Waals surface area contributed by atoms with Crippen LogP contribution in [0.25, 0.3) is 11.1 Å². The molecule has 8 nitrogen and oxygen atoms in total. The van der Waals surface area contributed by atoms with Crippen LogP contribution in [0.15, 0.2) is 42.7 Å². The summed E-state index contributed by atoms with van der Waals surface area (Å²) in [6.07, 6.45) is 6.79. The molecule has 1 saturated heterocycles. The maximum Gasteiger partial charge on any atom is 0.276 e. The number of nitrogens with zero attached hydrogens (tertiary/aromatic N) is 4. The maximum atomic E-state index is 13.2. The van der Waals surface area contributed by atoms with Crippen LogP contribution >= 0.6 is 11.6 Å². The number of carbonyl (C=O) groups excluding carboxylic acids is 2. The first-order valence-corrected chi connectivity index (χ1v) is 12.7. The summed E-state index contributed by atoms with van der Waals surface area (Å²) in [6, 6.07) is 9.92. The second-order valence-corrected chi connectivity index (χ2v) is 9.50. The number of piperidine rings is 1. The van der Waals surface area contributed by atoms with Crippen LogP contribution in [0.3, 0.4) is 0 Å². The van der Waals surface area contributed by atoms with E-state index < -0.39 is 0 Å². The van der Waals surface area contributed by atoms with Gasteiger partial charge in [0.15, 0.2) is 0 Å². The van der Waals surface area contributed by atoms with Crippen molar-refractivity contribution in [2.45, 2.75) is 52.5 Å². The topological polar surface area (TPSA) is 89.3 Å². The van der Waals surface area contributed by atoms with Gasteiger partial charge in [-0.25, -0.2) is 4.98 Å². The van der Waals surface area contributed by atoms with Gasteiger partial charge in [-0.2, -0.15) is 5.10 Å². The molecule has 1 N–H and O–H groups in total. The predicted molar refractivity (Wildman–Crippen MR) is 141 cm³/mol. The number of carbonyl (C=O) groups is 2. The van der Waals surface area contributed by atoms with E-state index >= 15 is 0 Å². The SMILES string of the molecule is CCCCOc1ccc(-c2cnc(NC(=O)c3c(Cl)cnn3C3CCN(C(C)=O)CC3)c(C)c2)cc1. The minimum Gasteiger partial charge on any atom is -0.494 e. The van der Waals surface area contributed by atoms with Gasteiger partial charge < -0.3 is 15.0 Å². The van der Waals surface area contributed by atoms with Crippen LogP contribution in [0.4, 0.5) is 5.82 Å². The van der Waals surface area contributed by atoms with Gasteiger partial charge in [0.25, 0.3) is 5.91 Å². The molecule has 0 unspecified atom stereocenters. The molecule has 9 heteroatoms. The lowest BCUT2D eigenvalue weighted by molar-refractivity contribution is -0.130. The van der Waals surface area contributed by atoms with E-state index in [4.69, 9.17) is 16.3 Å². The molecule has 0 saturated carbocycles. The lowest BCUT2D eigenvalue weighted by Crippen LogP contribution is -2.38. The van der Waals surface area contributed by atoms with Crippen LogP contribution in [0.2, 0.25) is 5.02 Å². The first-order chi connectivity index (χ1) is 17.4. The molecule has 1 fully saturated rings. The number of halogens is 1. The molecule has 3 heterocycles. The lowest BCUT2D eigenvalue weighted by atomic mass is 10.0. The Kier molecular flexibility index (Phi) is 8.25. The van der Waals surface area contributed by atoms with Gasteiger partial charge >= 0.3 is 0 Å². The first-order valence-electron chi connectivity index (χ1n) is 12.4. The van der Waals surface area contributed by atoms with Crippen molar-refractivity contribution in [3.63, 3.8) is 0 Å².